The summed E-state index contributed by atoms with van der Waals surface area (Å²) in [6.07, 6.45) is 2.02. The molecule has 2 aliphatic heterocycles. The van der Waals surface area contributed by atoms with E-state index in [-0.39, 0.29) is 36.7 Å². The molecule has 0 spiro atoms. The third-order valence-electron chi connectivity index (χ3n) is 6.19. The molecule has 35 heavy (non-hydrogen) atoms. The molecular weight excluding hydrogens is 470 g/mol. The van der Waals surface area contributed by atoms with E-state index in [1.54, 1.807) is 49.5 Å². The number of hydrogen-bond donors (Lipinski definition) is 0. The number of benzene rings is 2. The number of rotatable bonds is 7. The highest BCUT2D eigenvalue weighted by Crippen LogP contribution is 2.40. The molecule has 10 heteroatoms. The van der Waals surface area contributed by atoms with Gasteiger partial charge >= 0.3 is 0 Å². The lowest BCUT2D eigenvalue weighted by Crippen LogP contribution is -2.37. The number of ether oxygens (including phenoxy) is 3. The van der Waals surface area contributed by atoms with Crippen LogP contribution in [0.3, 0.4) is 0 Å². The van der Waals surface area contributed by atoms with Crippen molar-refractivity contribution in [1.82, 2.24) is 4.98 Å². The van der Waals surface area contributed by atoms with Crippen molar-refractivity contribution in [1.29, 1.82) is 0 Å². The fourth-order valence-electron chi connectivity index (χ4n) is 4.43. The Morgan fingerprint density at radius 3 is 2.57 bits per heavy atom. The Morgan fingerprint density at radius 2 is 1.89 bits per heavy atom. The summed E-state index contributed by atoms with van der Waals surface area (Å²) in [7, 11) is 3.16. The first-order valence-electron chi connectivity index (χ1n) is 11.4. The van der Waals surface area contributed by atoms with E-state index < -0.39 is 0 Å². The molecule has 2 saturated heterocycles. The third-order valence-corrected chi connectivity index (χ3v) is 7.28. The summed E-state index contributed by atoms with van der Waals surface area (Å²) in [5, 5.41) is 0.488. The van der Waals surface area contributed by atoms with Gasteiger partial charge in [0.1, 0.15) is 21.7 Å². The summed E-state index contributed by atoms with van der Waals surface area (Å²) in [6, 6.07) is 10.2. The molecule has 0 aliphatic carbocycles. The molecule has 0 N–H and O–H groups in total. The minimum Gasteiger partial charge on any atom is -0.495 e. The van der Waals surface area contributed by atoms with E-state index in [0.29, 0.717) is 46.5 Å². The summed E-state index contributed by atoms with van der Waals surface area (Å²) in [4.78, 5) is 45.8. The molecule has 9 nitrogen and oxygen atoms in total. The minimum absolute atomic E-state index is 0.111. The van der Waals surface area contributed by atoms with Crippen LogP contribution >= 0.6 is 11.3 Å². The van der Waals surface area contributed by atoms with Crippen molar-refractivity contribution in [2.45, 2.75) is 31.8 Å². The van der Waals surface area contributed by atoms with E-state index >= 15 is 0 Å². The van der Waals surface area contributed by atoms with Gasteiger partial charge in [0.25, 0.3) is 5.91 Å². The highest BCUT2D eigenvalue weighted by atomic mass is 32.1. The first kappa shape index (κ1) is 23.3. The number of aromatic nitrogens is 1. The molecular formula is C25H25N3O6S. The molecule has 5 rings (SSSR count). The van der Waals surface area contributed by atoms with Crippen LogP contribution in [0.4, 0.5) is 10.8 Å². The molecule has 3 heterocycles. The quantitative estimate of drug-likeness (QED) is 0.460. The standard InChI is InChI=1S/C25H25N3O6S/c1-32-18-8-9-19(33-2)23-22(18)26-25(35-23)27(14-17-7-4-12-34-17)24(31)15-5-3-6-16(13-15)28-20(29)10-11-21(28)30/h3,5-6,8-9,13,17H,4,7,10-12,14H2,1-2H3. The van der Waals surface area contributed by atoms with Gasteiger partial charge in [0.2, 0.25) is 11.8 Å². The SMILES string of the molecule is COc1ccc(OC)c2sc(N(CC3CCCO3)C(=O)c3cccc(N4C(=O)CCC4=O)c3)nc12. The van der Waals surface area contributed by atoms with Gasteiger partial charge in [-0.3, -0.25) is 24.2 Å². The van der Waals surface area contributed by atoms with Crippen molar-refractivity contribution < 1.29 is 28.6 Å². The van der Waals surface area contributed by atoms with Gasteiger partial charge < -0.3 is 14.2 Å². The van der Waals surface area contributed by atoms with Crippen molar-refractivity contribution in [3.8, 4) is 11.5 Å². The number of amides is 3. The van der Waals surface area contributed by atoms with Gasteiger partial charge in [0.05, 0.1) is 32.6 Å². The second kappa shape index (κ2) is 9.63. The minimum atomic E-state index is -0.293. The Hall–Kier alpha value is -3.50. The third kappa shape index (κ3) is 4.35. The van der Waals surface area contributed by atoms with Crippen molar-refractivity contribution in [2.24, 2.45) is 0 Å². The molecule has 0 saturated carbocycles. The first-order valence-corrected chi connectivity index (χ1v) is 12.2. The van der Waals surface area contributed by atoms with E-state index in [4.69, 9.17) is 19.2 Å². The lowest BCUT2D eigenvalue weighted by atomic mass is 10.1. The van der Waals surface area contributed by atoms with Crippen molar-refractivity contribution >= 4 is 50.1 Å². The molecule has 2 aromatic carbocycles. The van der Waals surface area contributed by atoms with E-state index in [9.17, 15) is 14.4 Å². The molecule has 2 fully saturated rings. The second-order valence-electron chi connectivity index (χ2n) is 8.37. The smallest absolute Gasteiger partial charge is 0.260 e. The number of fused-ring (bicyclic) bond motifs is 1. The summed E-state index contributed by atoms with van der Waals surface area (Å²) < 4.78 is 17.6. The number of nitrogens with zero attached hydrogens (tertiary/aromatic N) is 3. The largest absolute Gasteiger partial charge is 0.495 e. The topological polar surface area (TPSA) is 98.3 Å². The van der Waals surface area contributed by atoms with Gasteiger partial charge in [-0.25, -0.2) is 4.98 Å². The number of hydrogen-bond acceptors (Lipinski definition) is 8. The second-order valence-corrected chi connectivity index (χ2v) is 9.35. The monoisotopic (exact) mass is 495 g/mol. The highest BCUT2D eigenvalue weighted by Gasteiger charge is 2.32. The number of imide groups is 1. The van der Waals surface area contributed by atoms with Gasteiger partial charge in [0.15, 0.2) is 5.13 Å². The zero-order chi connectivity index (χ0) is 24.5. The maximum Gasteiger partial charge on any atom is 0.260 e. The molecule has 2 aliphatic rings. The van der Waals surface area contributed by atoms with Crippen molar-refractivity contribution in [2.75, 3.05) is 37.2 Å². The van der Waals surface area contributed by atoms with Crippen LogP contribution < -0.4 is 19.3 Å². The normalized spacial score (nSPS) is 17.9. The fraction of sp³-hybridized carbons (Fsp3) is 0.360. The first-order chi connectivity index (χ1) is 17.0. The van der Waals surface area contributed by atoms with Gasteiger partial charge in [-0.1, -0.05) is 17.4 Å². The molecule has 1 atom stereocenters. The maximum atomic E-state index is 13.8. The molecule has 182 valence electrons. The van der Waals surface area contributed by atoms with Crippen LogP contribution in [-0.2, 0) is 14.3 Å². The Bertz CT molecular complexity index is 1240. The van der Waals surface area contributed by atoms with Crippen LogP contribution in [0.25, 0.3) is 10.2 Å². The molecule has 1 unspecified atom stereocenters. The zero-order valence-corrected chi connectivity index (χ0v) is 20.3. The number of carbonyl (C=O) groups is 3. The van der Waals surface area contributed by atoms with E-state index in [1.165, 1.54) is 11.3 Å². The summed E-state index contributed by atoms with van der Waals surface area (Å²) in [5.41, 5.74) is 1.36. The lowest BCUT2D eigenvalue weighted by molar-refractivity contribution is -0.121. The maximum absolute atomic E-state index is 13.8. The van der Waals surface area contributed by atoms with Gasteiger partial charge in [-0.2, -0.15) is 0 Å². The Kier molecular flexibility index (Phi) is 6.40. The Balaban J connectivity index is 1.55. The molecule has 3 amide bonds. The average Bonchev–Trinajstić information content (AvgIpc) is 3.62. The molecule has 0 bridgehead atoms. The van der Waals surface area contributed by atoms with Crippen LogP contribution in [0.1, 0.15) is 36.0 Å². The number of anilines is 2. The predicted octanol–water partition coefficient (Wildman–Crippen LogP) is 3.79. The van der Waals surface area contributed by atoms with Crippen LogP contribution in [-0.4, -0.2) is 56.2 Å². The van der Waals surface area contributed by atoms with Crippen molar-refractivity contribution in [3.63, 3.8) is 0 Å². The fourth-order valence-corrected chi connectivity index (χ4v) is 5.51. The van der Waals surface area contributed by atoms with Gasteiger partial charge in [0, 0.05) is 25.0 Å². The summed E-state index contributed by atoms with van der Waals surface area (Å²) in [6.45, 7) is 0.984. The van der Waals surface area contributed by atoms with Crippen molar-refractivity contribution in [3.05, 3.63) is 42.0 Å². The number of methoxy groups -OCH3 is 2. The van der Waals surface area contributed by atoms with Gasteiger partial charge in [-0.05, 0) is 43.2 Å². The predicted molar refractivity (Wildman–Crippen MR) is 132 cm³/mol. The van der Waals surface area contributed by atoms with E-state index in [1.807, 2.05) is 6.07 Å². The summed E-state index contributed by atoms with van der Waals surface area (Å²) in [5.74, 6) is 0.406. The molecule has 1 aromatic heterocycles. The van der Waals surface area contributed by atoms with E-state index in [2.05, 4.69) is 0 Å². The number of carbonyl (C=O) groups excluding carboxylic acids is 3. The number of thiazole rings is 1. The Labute approximate surface area is 206 Å². The molecule has 3 aromatic rings. The summed E-state index contributed by atoms with van der Waals surface area (Å²) >= 11 is 1.34. The van der Waals surface area contributed by atoms with Crippen LogP contribution in [0, 0.1) is 0 Å². The molecule has 0 radical (unpaired) electrons. The van der Waals surface area contributed by atoms with Crippen LogP contribution in [0.2, 0.25) is 0 Å². The van der Waals surface area contributed by atoms with E-state index in [0.717, 1.165) is 22.4 Å². The highest BCUT2D eigenvalue weighted by molar-refractivity contribution is 7.22. The Morgan fingerprint density at radius 1 is 1.14 bits per heavy atom. The van der Waals surface area contributed by atoms with Gasteiger partial charge in [-0.15, -0.1) is 0 Å². The van der Waals surface area contributed by atoms with Crippen LogP contribution in [0.5, 0.6) is 11.5 Å². The average molecular weight is 496 g/mol. The van der Waals surface area contributed by atoms with Crippen LogP contribution in [0.15, 0.2) is 36.4 Å². The zero-order valence-electron chi connectivity index (χ0n) is 19.5. The lowest BCUT2D eigenvalue weighted by Gasteiger charge is -2.23.